The molecule has 0 unspecified atom stereocenters. The van der Waals surface area contributed by atoms with E-state index in [0.29, 0.717) is 37.3 Å². The third-order valence-electron chi connectivity index (χ3n) is 5.27. The van der Waals surface area contributed by atoms with Crippen LogP contribution >= 0.6 is 0 Å². The van der Waals surface area contributed by atoms with E-state index in [9.17, 15) is 9.59 Å². The van der Waals surface area contributed by atoms with Crippen molar-refractivity contribution in [3.05, 3.63) is 64.1 Å². The first kappa shape index (κ1) is 19.8. The summed E-state index contributed by atoms with van der Waals surface area (Å²) < 4.78 is 7.67. The second-order valence-corrected chi connectivity index (χ2v) is 7.51. The molecule has 3 aromatic heterocycles. The van der Waals surface area contributed by atoms with Crippen LogP contribution in [0.15, 0.2) is 41.6 Å². The van der Waals surface area contributed by atoms with Crippen molar-refractivity contribution in [1.29, 1.82) is 0 Å². The summed E-state index contributed by atoms with van der Waals surface area (Å²) in [6.45, 7) is 5.62. The molecule has 4 rings (SSSR count). The molecule has 156 valence electrons. The van der Waals surface area contributed by atoms with Gasteiger partial charge in [-0.3, -0.25) is 9.59 Å². The minimum absolute atomic E-state index is 0.185. The Kier molecular flexibility index (Phi) is 5.60. The van der Waals surface area contributed by atoms with Crippen molar-refractivity contribution in [2.75, 3.05) is 19.7 Å². The highest BCUT2D eigenvalue weighted by Crippen LogP contribution is 2.20. The molecule has 1 fully saturated rings. The van der Waals surface area contributed by atoms with Crippen molar-refractivity contribution >= 4 is 5.91 Å². The van der Waals surface area contributed by atoms with E-state index in [-0.39, 0.29) is 17.0 Å². The number of carbonyl (C=O) groups is 1. The van der Waals surface area contributed by atoms with E-state index in [2.05, 4.69) is 20.1 Å². The Morgan fingerprint density at radius 3 is 2.73 bits per heavy atom. The van der Waals surface area contributed by atoms with Crippen molar-refractivity contribution < 1.29 is 9.53 Å². The van der Waals surface area contributed by atoms with Crippen molar-refractivity contribution in [2.24, 2.45) is 5.92 Å². The second-order valence-electron chi connectivity index (χ2n) is 7.51. The van der Waals surface area contributed by atoms with Gasteiger partial charge in [-0.15, -0.1) is 0 Å². The number of amides is 1. The molecule has 1 N–H and O–H groups in total. The Hall–Kier alpha value is -3.49. The molecule has 0 radical (unpaired) electrons. The van der Waals surface area contributed by atoms with Gasteiger partial charge < -0.3 is 14.6 Å². The summed E-state index contributed by atoms with van der Waals surface area (Å²) in [5.74, 6) is 1.26. The Morgan fingerprint density at radius 1 is 1.23 bits per heavy atom. The number of aryl methyl sites for hydroxylation is 2. The van der Waals surface area contributed by atoms with Crippen LogP contribution in [0.1, 0.15) is 34.6 Å². The lowest BCUT2D eigenvalue weighted by molar-refractivity contribution is 0.0657. The predicted molar refractivity (Wildman–Crippen MR) is 110 cm³/mol. The van der Waals surface area contributed by atoms with E-state index in [1.807, 2.05) is 19.9 Å². The third-order valence-corrected chi connectivity index (χ3v) is 5.27. The number of aromatic nitrogens is 5. The number of carbonyl (C=O) groups excluding carboxylic acids is 1. The number of hydrogen-bond acceptors (Lipinski definition) is 6. The fraction of sp³-hybridized carbons (Fsp3) is 0.381. The summed E-state index contributed by atoms with van der Waals surface area (Å²) in [7, 11) is 0. The first-order chi connectivity index (χ1) is 14.5. The zero-order valence-corrected chi connectivity index (χ0v) is 17.0. The van der Waals surface area contributed by atoms with Crippen LogP contribution in [0, 0.1) is 19.8 Å². The molecule has 3 aromatic rings. The third kappa shape index (κ3) is 4.24. The highest BCUT2D eigenvalue weighted by atomic mass is 16.5. The Balaban J connectivity index is 1.33. The predicted octanol–water partition coefficient (Wildman–Crippen LogP) is 1.90. The average molecular weight is 408 g/mol. The van der Waals surface area contributed by atoms with E-state index < -0.39 is 0 Å². The zero-order chi connectivity index (χ0) is 21.1. The molecule has 0 bridgehead atoms. The van der Waals surface area contributed by atoms with Gasteiger partial charge in [0.25, 0.3) is 11.5 Å². The van der Waals surface area contributed by atoms with Gasteiger partial charge in [0, 0.05) is 31.0 Å². The lowest BCUT2D eigenvalue weighted by Crippen LogP contribution is -2.41. The van der Waals surface area contributed by atoms with Crippen molar-refractivity contribution in [1.82, 2.24) is 29.6 Å². The van der Waals surface area contributed by atoms with E-state index >= 15 is 0 Å². The van der Waals surface area contributed by atoms with Crippen LogP contribution < -0.4 is 10.3 Å². The second kappa shape index (κ2) is 8.48. The summed E-state index contributed by atoms with van der Waals surface area (Å²) in [5.41, 5.74) is 1.75. The molecule has 9 nitrogen and oxygen atoms in total. The van der Waals surface area contributed by atoms with Crippen LogP contribution in [0.25, 0.3) is 5.82 Å². The van der Waals surface area contributed by atoms with Gasteiger partial charge in [-0.2, -0.15) is 5.10 Å². The van der Waals surface area contributed by atoms with Crippen LogP contribution in [0.2, 0.25) is 0 Å². The lowest BCUT2D eigenvalue weighted by Gasteiger charge is -2.31. The number of piperidine rings is 1. The van der Waals surface area contributed by atoms with Crippen molar-refractivity contribution in [3.8, 4) is 11.7 Å². The number of aromatic amines is 1. The number of hydrogen-bond donors (Lipinski definition) is 1. The summed E-state index contributed by atoms with van der Waals surface area (Å²) in [6, 6.07) is 6.99. The molecular weight excluding hydrogens is 384 g/mol. The normalized spacial score (nSPS) is 14.7. The van der Waals surface area contributed by atoms with Gasteiger partial charge in [0.1, 0.15) is 11.9 Å². The van der Waals surface area contributed by atoms with Crippen LogP contribution in [0.3, 0.4) is 0 Å². The van der Waals surface area contributed by atoms with Gasteiger partial charge in [0.15, 0.2) is 5.82 Å². The summed E-state index contributed by atoms with van der Waals surface area (Å²) in [6.07, 6.45) is 4.62. The molecular formula is C21H24N6O3. The number of ether oxygens (including phenoxy) is 1. The van der Waals surface area contributed by atoms with Gasteiger partial charge in [-0.25, -0.2) is 14.6 Å². The number of pyridine rings is 1. The standard InChI is InChI=1S/C21H24N6O3/c1-14-10-15(2)27(25-14)18-11-19(24-13-23-18)30-12-16-5-8-26(9-6-16)21(29)17-4-3-7-22-20(17)28/h3-4,7,10-11,13,16H,5-6,8-9,12H2,1-2H3,(H,22,28). The maximum Gasteiger partial charge on any atom is 0.260 e. The number of H-pyrrole nitrogens is 1. The molecule has 0 aliphatic carbocycles. The Bertz CT molecular complexity index is 1100. The number of nitrogens with zero attached hydrogens (tertiary/aromatic N) is 5. The lowest BCUT2D eigenvalue weighted by atomic mass is 9.97. The molecule has 0 spiro atoms. The van der Waals surface area contributed by atoms with Crippen LogP contribution in [-0.4, -0.2) is 55.2 Å². The minimum Gasteiger partial charge on any atom is -0.477 e. The van der Waals surface area contributed by atoms with Gasteiger partial charge in [-0.1, -0.05) is 0 Å². The van der Waals surface area contributed by atoms with E-state index in [1.54, 1.807) is 27.8 Å². The summed E-state index contributed by atoms with van der Waals surface area (Å²) in [5, 5.41) is 4.44. The van der Waals surface area contributed by atoms with Gasteiger partial charge in [-0.05, 0) is 50.8 Å². The number of likely N-dealkylation sites (tertiary alicyclic amines) is 1. The van der Waals surface area contributed by atoms with Gasteiger partial charge >= 0.3 is 0 Å². The van der Waals surface area contributed by atoms with Gasteiger partial charge in [0.2, 0.25) is 5.88 Å². The SMILES string of the molecule is Cc1cc(C)n(-c2cc(OCC3CCN(C(=O)c4ccc[nH]c4=O)CC3)ncn2)n1. The molecule has 4 heterocycles. The van der Waals surface area contributed by atoms with Gasteiger partial charge in [0.05, 0.1) is 12.3 Å². The topological polar surface area (TPSA) is 106 Å². The van der Waals surface area contributed by atoms with Crippen LogP contribution in [-0.2, 0) is 0 Å². The van der Waals surface area contributed by atoms with E-state index in [0.717, 1.165) is 24.2 Å². The molecule has 0 saturated carbocycles. The summed E-state index contributed by atoms with van der Waals surface area (Å²) in [4.78, 5) is 37.2. The maximum atomic E-state index is 12.6. The molecule has 1 saturated heterocycles. The largest absolute Gasteiger partial charge is 0.477 e. The van der Waals surface area contributed by atoms with Crippen molar-refractivity contribution in [2.45, 2.75) is 26.7 Å². The highest BCUT2D eigenvalue weighted by Gasteiger charge is 2.25. The first-order valence-corrected chi connectivity index (χ1v) is 9.97. The fourth-order valence-electron chi connectivity index (χ4n) is 3.65. The van der Waals surface area contributed by atoms with E-state index in [4.69, 9.17) is 4.74 Å². The molecule has 30 heavy (non-hydrogen) atoms. The smallest absolute Gasteiger partial charge is 0.260 e. The number of rotatable bonds is 5. The first-order valence-electron chi connectivity index (χ1n) is 9.97. The minimum atomic E-state index is -0.352. The van der Waals surface area contributed by atoms with E-state index in [1.165, 1.54) is 12.5 Å². The zero-order valence-electron chi connectivity index (χ0n) is 17.0. The fourth-order valence-corrected chi connectivity index (χ4v) is 3.65. The van der Waals surface area contributed by atoms with Crippen LogP contribution in [0.4, 0.5) is 0 Å². The number of nitrogens with one attached hydrogen (secondary N) is 1. The quantitative estimate of drug-likeness (QED) is 0.691. The summed E-state index contributed by atoms with van der Waals surface area (Å²) >= 11 is 0. The molecule has 1 amide bonds. The monoisotopic (exact) mass is 408 g/mol. The molecule has 1 aliphatic rings. The molecule has 1 aliphatic heterocycles. The highest BCUT2D eigenvalue weighted by molar-refractivity contribution is 5.93. The Morgan fingerprint density at radius 2 is 2.03 bits per heavy atom. The van der Waals surface area contributed by atoms with Crippen LogP contribution in [0.5, 0.6) is 5.88 Å². The molecule has 0 atom stereocenters. The molecule has 9 heteroatoms. The molecule has 0 aromatic carbocycles. The average Bonchev–Trinajstić information content (AvgIpc) is 3.11. The maximum absolute atomic E-state index is 12.6. The Labute approximate surface area is 173 Å². The van der Waals surface area contributed by atoms with Crippen molar-refractivity contribution in [3.63, 3.8) is 0 Å².